The highest BCUT2D eigenvalue weighted by atomic mass is 16.6. The van der Waals surface area contributed by atoms with E-state index < -0.39 is 4.92 Å². The Balaban J connectivity index is 1.75. The van der Waals surface area contributed by atoms with Crippen molar-refractivity contribution < 1.29 is 9.72 Å². The number of nitro groups is 1. The number of aromatic nitrogens is 2. The Morgan fingerprint density at radius 1 is 1.23 bits per heavy atom. The number of benzene rings is 1. The smallest absolute Gasteiger partial charge is 0.269 e. The van der Waals surface area contributed by atoms with E-state index in [1.54, 1.807) is 24.5 Å². The summed E-state index contributed by atoms with van der Waals surface area (Å²) >= 11 is 0. The van der Waals surface area contributed by atoms with E-state index in [0.717, 1.165) is 22.6 Å². The first kappa shape index (κ1) is 17.3. The summed E-state index contributed by atoms with van der Waals surface area (Å²) < 4.78 is 1.98. The third kappa shape index (κ3) is 3.46. The number of rotatable bonds is 5. The monoisotopic (exact) mass is 350 g/mol. The lowest BCUT2D eigenvalue weighted by Crippen LogP contribution is -2.23. The highest BCUT2D eigenvalue weighted by Crippen LogP contribution is 2.20. The van der Waals surface area contributed by atoms with E-state index in [2.05, 4.69) is 10.3 Å². The highest BCUT2D eigenvalue weighted by Gasteiger charge is 2.16. The second-order valence-corrected chi connectivity index (χ2v) is 5.94. The molecule has 0 fully saturated rings. The molecule has 0 unspecified atom stereocenters. The third-order valence-electron chi connectivity index (χ3n) is 4.18. The number of nitrogens with zero attached hydrogens (tertiary/aromatic N) is 3. The van der Waals surface area contributed by atoms with Crippen LogP contribution in [0.15, 0.2) is 54.9 Å². The SMILES string of the molecule is Cc1cc(C(=O)NCc2ccc([N+](=O)[O-])cc2)c(C)n1-c1cccnc1. The Labute approximate surface area is 150 Å². The van der Waals surface area contributed by atoms with Gasteiger partial charge in [0, 0.05) is 36.3 Å². The summed E-state index contributed by atoms with van der Waals surface area (Å²) in [6.45, 7) is 4.13. The predicted octanol–water partition coefficient (Wildman–Crippen LogP) is 3.33. The zero-order chi connectivity index (χ0) is 18.7. The van der Waals surface area contributed by atoms with E-state index in [9.17, 15) is 14.9 Å². The molecule has 0 saturated carbocycles. The molecule has 2 aromatic heterocycles. The Bertz CT molecular complexity index is 947. The van der Waals surface area contributed by atoms with E-state index in [0.29, 0.717) is 12.1 Å². The Hall–Kier alpha value is -3.48. The van der Waals surface area contributed by atoms with Crippen molar-refractivity contribution in [1.82, 2.24) is 14.9 Å². The van der Waals surface area contributed by atoms with Crippen LogP contribution in [0.25, 0.3) is 5.69 Å². The lowest BCUT2D eigenvalue weighted by molar-refractivity contribution is -0.384. The molecular formula is C19H18N4O3. The van der Waals surface area contributed by atoms with Crippen LogP contribution in [0.3, 0.4) is 0 Å². The maximum atomic E-state index is 12.6. The van der Waals surface area contributed by atoms with Crippen LogP contribution in [0, 0.1) is 24.0 Å². The first-order chi connectivity index (χ1) is 12.5. The first-order valence-corrected chi connectivity index (χ1v) is 8.08. The van der Waals surface area contributed by atoms with Crippen molar-refractivity contribution in [1.29, 1.82) is 0 Å². The van der Waals surface area contributed by atoms with Crippen LogP contribution in [0.1, 0.15) is 27.3 Å². The molecule has 0 atom stereocenters. The van der Waals surface area contributed by atoms with Crippen molar-refractivity contribution in [3.63, 3.8) is 0 Å². The Morgan fingerprint density at radius 3 is 2.58 bits per heavy atom. The van der Waals surface area contributed by atoms with Crippen molar-refractivity contribution in [3.8, 4) is 5.69 Å². The summed E-state index contributed by atoms with van der Waals surface area (Å²) in [7, 11) is 0. The molecule has 0 radical (unpaired) electrons. The number of amides is 1. The van der Waals surface area contributed by atoms with E-state index in [1.165, 1.54) is 12.1 Å². The average molecular weight is 350 g/mol. The third-order valence-corrected chi connectivity index (χ3v) is 4.18. The molecule has 2 heterocycles. The molecule has 0 bridgehead atoms. The predicted molar refractivity (Wildman–Crippen MR) is 97.3 cm³/mol. The number of carbonyl (C=O) groups is 1. The van der Waals surface area contributed by atoms with Gasteiger partial charge in [-0.15, -0.1) is 0 Å². The van der Waals surface area contributed by atoms with Gasteiger partial charge >= 0.3 is 0 Å². The maximum Gasteiger partial charge on any atom is 0.269 e. The Kier molecular flexibility index (Phi) is 4.79. The van der Waals surface area contributed by atoms with Gasteiger partial charge in [0.1, 0.15) is 0 Å². The van der Waals surface area contributed by atoms with Gasteiger partial charge in [0.15, 0.2) is 0 Å². The molecule has 0 aliphatic heterocycles. The summed E-state index contributed by atoms with van der Waals surface area (Å²) in [5.74, 6) is -0.188. The Morgan fingerprint density at radius 2 is 1.96 bits per heavy atom. The topological polar surface area (TPSA) is 90.1 Å². The average Bonchev–Trinajstić information content (AvgIpc) is 2.95. The summed E-state index contributed by atoms with van der Waals surface area (Å²) in [5.41, 5.74) is 4.09. The number of aryl methyl sites for hydroxylation is 1. The lowest BCUT2D eigenvalue weighted by Gasteiger charge is -2.09. The molecule has 26 heavy (non-hydrogen) atoms. The van der Waals surface area contributed by atoms with Crippen molar-refractivity contribution in [2.45, 2.75) is 20.4 Å². The second kappa shape index (κ2) is 7.18. The van der Waals surface area contributed by atoms with Gasteiger partial charge in [0.05, 0.1) is 22.4 Å². The van der Waals surface area contributed by atoms with E-state index in [-0.39, 0.29) is 11.6 Å². The molecule has 0 aliphatic carbocycles. The largest absolute Gasteiger partial charge is 0.348 e. The normalized spacial score (nSPS) is 10.5. The number of hydrogen-bond donors (Lipinski definition) is 1. The zero-order valence-electron chi connectivity index (χ0n) is 14.5. The summed E-state index contributed by atoms with van der Waals surface area (Å²) in [5, 5.41) is 13.5. The fourth-order valence-electron chi connectivity index (χ4n) is 2.89. The van der Waals surface area contributed by atoms with Gasteiger partial charge in [-0.25, -0.2) is 0 Å². The molecule has 132 valence electrons. The molecule has 0 spiro atoms. The fraction of sp³-hybridized carbons (Fsp3) is 0.158. The van der Waals surface area contributed by atoms with Crippen LogP contribution < -0.4 is 5.32 Å². The van der Waals surface area contributed by atoms with E-state index in [4.69, 9.17) is 0 Å². The van der Waals surface area contributed by atoms with Gasteiger partial charge in [-0.1, -0.05) is 12.1 Å². The maximum absolute atomic E-state index is 12.6. The van der Waals surface area contributed by atoms with Gasteiger partial charge in [0.25, 0.3) is 11.6 Å². The number of carbonyl (C=O) groups excluding carboxylic acids is 1. The van der Waals surface area contributed by atoms with Crippen LogP contribution in [-0.2, 0) is 6.54 Å². The first-order valence-electron chi connectivity index (χ1n) is 8.08. The van der Waals surface area contributed by atoms with Crippen LogP contribution >= 0.6 is 0 Å². The minimum absolute atomic E-state index is 0.0279. The van der Waals surface area contributed by atoms with Crippen molar-refractivity contribution in [2.24, 2.45) is 0 Å². The number of nitro benzene ring substituents is 1. The van der Waals surface area contributed by atoms with E-state index >= 15 is 0 Å². The van der Waals surface area contributed by atoms with Gasteiger partial charge < -0.3 is 9.88 Å². The minimum atomic E-state index is -0.449. The fourth-order valence-corrected chi connectivity index (χ4v) is 2.89. The summed E-state index contributed by atoms with van der Waals surface area (Å²) in [6, 6.07) is 11.8. The number of hydrogen-bond acceptors (Lipinski definition) is 4. The molecule has 0 aliphatic rings. The standard InChI is InChI=1S/C19H18N4O3/c1-13-10-18(14(2)22(13)17-4-3-9-20-12-17)19(24)21-11-15-5-7-16(8-6-15)23(25)26/h3-10,12H,11H2,1-2H3,(H,21,24). The molecule has 3 rings (SSSR count). The van der Waals surface area contributed by atoms with Gasteiger partial charge in [-0.05, 0) is 37.6 Å². The quantitative estimate of drug-likeness (QED) is 0.564. The summed E-state index contributed by atoms with van der Waals surface area (Å²) in [4.78, 5) is 26.9. The molecular weight excluding hydrogens is 332 g/mol. The molecule has 0 saturated heterocycles. The van der Waals surface area contributed by atoms with Crippen molar-refractivity contribution in [3.05, 3.63) is 87.5 Å². The van der Waals surface area contributed by atoms with Crippen LogP contribution in [0.2, 0.25) is 0 Å². The van der Waals surface area contributed by atoms with Gasteiger partial charge in [0.2, 0.25) is 0 Å². The molecule has 7 nitrogen and oxygen atoms in total. The van der Waals surface area contributed by atoms with Gasteiger partial charge in [-0.3, -0.25) is 19.9 Å². The van der Waals surface area contributed by atoms with Crippen LogP contribution in [0.5, 0.6) is 0 Å². The molecule has 3 aromatic rings. The zero-order valence-corrected chi connectivity index (χ0v) is 14.5. The molecule has 1 amide bonds. The number of non-ortho nitro benzene ring substituents is 1. The summed E-state index contributed by atoms with van der Waals surface area (Å²) in [6.07, 6.45) is 3.45. The molecule has 1 N–H and O–H groups in total. The van der Waals surface area contributed by atoms with Crippen LogP contribution in [0.4, 0.5) is 5.69 Å². The van der Waals surface area contributed by atoms with Crippen LogP contribution in [-0.4, -0.2) is 20.4 Å². The van der Waals surface area contributed by atoms with Crippen molar-refractivity contribution >= 4 is 11.6 Å². The van der Waals surface area contributed by atoms with Crippen molar-refractivity contribution in [2.75, 3.05) is 0 Å². The van der Waals surface area contributed by atoms with E-state index in [1.807, 2.05) is 36.6 Å². The van der Waals surface area contributed by atoms with Gasteiger partial charge in [-0.2, -0.15) is 0 Å². The lowest BCUT2D eigenvalue weighted by atomic mass is 10.2. The number of pyridine rings is 1. The molecule has 7 heteroatoms. The molecule has 1 aromatic carbocycles. The minimum Gasteiger partial charge on any atom is -0.348 e. The second-order valence-electron chi connectivity index (χ2n) is 5.94. The number of nitrogens with one attached hydrogen (secondary N) is 1. The highest BCUT2D eigenvalue weighted by molar-refractivity contribution is 5.95.